The summed E-state index contributed by atoms with van der Waals surface area (Å²) in [5.41, 5.74) is 0.138. The van der Waals surface area contributed by atoms with E-state index in [1.54, 1.807) is 0 Å². The van der Waals surface area contributed by atoms with Gasteiger partial charge in [0, 0.05) is 60.0 Å². The standard InChI is InChI=1S/C15H30N4O2/c1-17(2)14(18(3)4)16-13-15(5-9-20-10-6-15)19-7-11-21-12-8-19/h5-13H2,1-4H3. The molecule has 0 aromatic heterocycles. The minimum atomic E-state index is 0.138. The van der Waals surface area contributed by atoms with Gasteiger partial charge in [-0.05, 0) is 12.8 Å². The van der Waals surface area contributed by atoms with E-state index < -0.39 is 0 Å². The smallest absolute Gasteiger partial charge is 0.195 e. The van der Waals surface area contributed by atoms with E-state index in [2.05, 4.69) is 14.7 Å². The van der Waals surface area contributed by atoms with Crippen LogP contribution in [0.5, 0.6) is 0 Å². The van der Waals surface area contributed by atoms with Crippen molar-refractivity contribution in [1.82, 2.24) is 14.7 Å². The molecule has 0 amide bonds. The first kappa shape index (κ1) is 16.5. The number of hydrogen-bond donors (Lipinski definition) is 0. The number of morpholine rings is 1. The fourth-order valence-corrected chi connectivity index (χ4v) is 3.26. The highest BCUT2D eigenvalue weighted by molar-refractivity contribution is 5.79. The van der Waals surface area contributed by atoms with Crippen molar-refractivity contribution in [2.75, 3.05) is 74.3 Å². The van der Waals surface area contributed by atoms with E-state index in [-0.39, 0.29) is 5.54 Å². The van der Waals surface area contributed by atoms with Gasteiger partial charge >= 0.3 is 0 Å². The molecule has 2 fully saturated rings. The summed E-state index contributed by atoms with van der Waals surface area (Å²) < 4.78 is 11.1. The van der Waals surface area contributed by atoms with Gasteiger partial charge in [0.25, 0.3) is 0 Å². The zero-order chi connectivity index (χ0) is 15.3. The lowest BCUT2D eigenvalue weighted by molar-refractivity contribution is -0.0668. The Labute approximate surface area is 128 Å². The molecule has 21 heavy (non-hydrogen) atoms. The van der Waals surface area contributed by atoms with Crippen molar-refractivity contribution in [3.8, 4) is 0 Å². The van der Waals surface area contributed by atoms with Crippen molar-refractivity contribution in [1.29, 1.82) is 0 Å². The molecule has 0 spiro atoms. The molecule has 0 aliphatic carbocycles. The highest BCUT2D eigenvalue weighted by Gasteiger charge is 2.39. The van der Waals surface area contributed by atoms with Crippen LogP contribution >= 0.6 is 0 Å². The van der Waals surface area contributed by atoms with Gasteiger partial charge in [-0.1, -0.05) is 0 Å². The van der Waals surface area contributed by atoms with Crippen LogP contribution in [0, 0.1) is 0 Å². The van der Waals surface area contributed by atoms with Crippen LogP contribution in [0.4, 0.5) is 0 Å². The van der Waals surface area contributed by atoms with Crippen LogP contribution in [-0.4, -0.2) is 100 Å². The SMILES string of the molecule is CN(C)C(=NCC1(N2CCOCC2)CCOCC1)N(C)C. The first-order valence-corrected chi connectivity index (χ1v) is 7.85. The van der Waals surface area contributed by atoms with Gasteiger partial charge in [0.2, 0.25) is 0 Å². The Morgan fingerprint density at radius 1 is 0.952 bits per heavy atom. The highest BCUT2D eigenvalue weighted by atomic mass is 16.5. The Kier molecular flexibility index (Phi) is 5.84. The molecule has 122 valence electrons. The summed E-state index contributed by atoms with van der Waals surface area (Å²) in [7, 11) is 8.18. The lowest BCUT2D eigenvalue weighted by atomic mass is 9.87. The van der Waals surface area contributed by atoms with Crippen LogP contribution in [-0.2, 0) is 9.47 Å². The topological polar surface area (TPSA) is 40.5 Å². The van der Waals surface area contributed by atoms with Crippen molar-refractivity contribution in [2.24, 2.45) is 4.99 Å². The molecule has 6 nitrogen and oxygen atoms in total. The summed E-state index contributed by atoms with van der Waals surface area (Å²) in [6.45, 7) is 6.20. The van der Waals surface area contributed by atoms with Gasteiger partial charge in [-0.25, -0.2) is 0 Å². The maximum Gasteiger partial charge on any atom is 0.195 e. The fourth-order valence-electron chi connectivity index (χ4n) is 3.26. The molecule has 2 aliphatic rings. The maximum atomic E-state index is 5.59. The minimum Gasteiger partial charge on any atom is -0.381 e. The lowest BCUT2D eigenvalue weighted by Crippen LogP contribution is -2.58. The lowest BCUT2D eigenvalue weighted by Gasteiger charge is -2.47. The van der Waals surface area contributed by atoms with Gasteiger partial charge in [-0.15, -0.1) is 0 Å². The summed E-state index contributed by atoms with van der Waals surface area (Å²) >= 11 is 0. The molecule has 0 aromatic rings. The van der Waals surface area contributed by atoms with E-state index in [0.29, 0.717) is 0 Å². The largest absolute Gasteiger partial charge is 0.381 e. The normalized spacial score (nSPS) is 22.7. The number of nitrogens with zero attached hydrogens (tertiary/aromatic N) is 4. The van der Waals surface area contributed by atoms with Crippen molar-refractivity contribution in [3.63, 3.8) is 0 Å². The molecule has 2 heterocycles. The van der Waals surface area contributed by atoms with E-state index in [1.165, 1.54) is 0 Å². The van der Waals surface area contributed by atoms with Gasteiger partial charge < -0.3 is 19.3 Å². The Morgan fingerprint density at radius 3 is 2.00 bits per heavy atom. The van der Waals surface area contributed by atoms with E-state index in [4.69, 9.17) is 14.5 Å². The second-order valence-electron chi connectivity index (χ2n) is 6.34. The second-order valence-corrected chi connectivity index (χ2v) is 6.34. The zero-order valence-electron chi connectivity index (χ0n) is 14.0. The third kappa shape index (κ3) is 4.08. The Bertz CT molecular complexity index is 336. The fraction of sp³-hybridized carbons (Fsp3) is 0.933. The molecule has 2 saturated heterocycles. The Balaban J connectivity index is 2.13. The zero-order valence-corrected chi connectivity index (χ0v) is 14.0. The Morgan fingerprint density at radius 2 is 1.48 bits per heavy atom. The Hall–Kier alpha value is -0.850. The van der Waals surface area contributed by atoms with Crippen molar-refractivity contribution < 1.29 is 9.47 Å². The molecule has 2 aliphatic heterocycles. The molecule has 2 rings (SSSR count). The molecular formula is C15H30N4O2. The average molecular weight is 298 g/mol. The summed E-state index contributed by atoms with van der Waals surface area (Å²) in [5, 5.41) is 0. The molecule has 0 radical (unpaired) electrons. The first-order chi connectivity index (χ1) is 10.1. The molecule has 0 N–H and O–H groups in total. The third-order valence-electron chi connectivity index (χ3n) is 4.42. The van der Waals surface area contributed by atoms with E-state index >= 15 is 0 Å². The predicted octanol–water partition coefficient (Wildman–Crippen LogP) is 0.347. The third-order valence-corrected chi connectivity index (χ3v) is 4.42. The van der Waals surface area contributed by atoms with Crippen LogP contribution in [0.25, 0.3) is 0 Å². The number of ether oxygens (including phenoxy) is 2. The average Bonchev–Trinajstić information content (AvgIpc) is 2.48. The van der Waals surface area contributed by atoms with Crippen LogP contribution < -0.4 is 0 Å². The van der Waals surface area contributed by atoms with E-state index in [0.717, 1.165) is 64.9 Å². The molecule has 0 atom stereocenters. The van der Waals surface area contributed by atoms with Crippen LogP contribution in [0.3, 0.4) is 0 Å². The van der Waals surface area contributed by atoms with Gasteiger partial charge in [0.05, 0.1) is 19.8 Å². The van der Waals surface area contributed by atoms with Crippen LogP contribution in [0.1, 0.15) is 12.8 Å². The van der Waals surface area contributed by atoms with Crippen molar-refractivity contribution in [2.45, 2.75) is 18.4 Å². The first-order valence-electron chi connectivity index (χ1n) is 7.85. The van der Waals surface area contributed by atoms with Gasteiger partial charge in [0.1, 0.15) is 0 Å². The van der Waals surface area contributed by atoms with Crippen LogP contribution in [0.15, 0.2) is 4.99 Å². The monoisotopic (exact) mass is 298 g/mol. The van der Waals surface area contributed by atoms with E-state index in [9.17, 15) is 0 Å². The second kappa shape index (κ2) is 7.42. The quantitative estimate of drug-likeness (QED) is 0.555. The van der Waals surface area contributed by atoms with Gasteiger partial charge in [-0.2, -0.15) is 0 Å². The van der Waals surface area contributed by atoms with Crippen molar-refractivity contribution in [3.05, 3.63) is 0 Å². The minimum absolute atomic E-state index is 0.138. The maximum absolute atomic E-state index is 5.59. The van der Waals surface area contributed by atoms with Crippen molar-refractivity contribution >= 4 is 5.96 Å². The molecule has 0 unspecified atom stereocenters. The summed E-state index contributed by atoms with van der Waals surface area (Å²) in [5.74, 6) is 1.02. The molecule has 0 saturated carbocycles. The summed E-state index contributed by atoms with van der Waals surface area (Å²) in [6.07, 6.45) is 2.12. The summed E-state index contributed by atoms with van der Waals surface area (Å²) in [4.78, 5) is 11.7. The van der Waals surface area contributed by atoms with E-state index in [1.807, 2.05) is 28.2 Å². The molecular weight excluding hydrogens is 268 g/mol. The van der Waals surface area contributed by atoms with Crippen LogP contribution in [0.2, 0.25) is 0 Å². The number of hydrogen-bond acceptors (Lipinski definition) is 4. The molecule has 6 heteroatoms. The summed E-state index contributed by atoms with van der Waals surface area (Å²) in [6, 6.07) is 0. The highest BCUT2D eigenvalue weighted by Crippen LogP contribution is 2.29. The molecule has 0 bridgehead atoms. The molecule has 0 aromatic carbocycles. The predicted molar refractivity (Wildman–Crippen MR) is 84.9 cm³/mol. The number of rotatable bonds is 3. The number of guanidine groups is 1. The van der Waals surface area contributed by atoms with Gasteiger partial charge in [0.15, 0.2) is 5.96 Å². The van der Waals surface area contributed by atoms with Gasteiger partial charge in [-0.3, -0.25) is 9.89 Å². The number of aliphatic imine (C=N–C) groups is 1.